The minimum absolute atomic E-state index is 0.000324. The van der Waals surface area contributed by atoms with Crippen LogP contribution in [0.15, 0.2) is 18.2 Å². The van der Waals surface area contributed by atoms with Crippen molar-refractivity contribution in [3.8, 4) is 5.75 Å². The molecule has 0 saturated heterocycles. The Kier molecular flexibility index (Phi) is 5.01. The Morgan fingerprint density at radius 1 is 1.45 bits per heavy atom. The molecule has 1 aromatic rings. The zero-order chi connectivity index (χ0) is 14.5. The average molecular weight is 277 g/mol. The molecule has 2 rings (SSSR count). The maximum atomic E-state index is 11.8. The molecule has 20 heavy (non-hydrogen) atoms. The lowest BCUT2D eigenvalue weighted by Crippen LogP contribution is -2.36. The van der Waals surface area contributed by atoms with Crippen LogP contribution in [0.5, 0.6) is 5.75 Å². The van der Waals surface area contributed by atoms with Crippen LogP contribution in [0.25, 0.3) is 0 Å². The molecule has 1 aliphatic rings. The Labute approximate surface area is 120 Å². The molecule has 0 bridgehead atoms. The van der Waals surface area contributed by atoms with Crippen LogP contribution in [0.3, 0.4) is 0 Å². The predicted molar refractivity (Wildman–Crippen MR) is 77.7 cm³/mol. The van der Waals surface area contributed by atoms with E-state index in [-0.39, 0.29) is 12.5 Å². The van der Waals surface area contributed by atoms with Gasteiger partial charge in [-0.3, -0.25) is 4.79 Å². The SMILES string of the molecule is Cc1ccc([C@@H](C)O)c(OCC(=O)NC2CCCC2)c1. The van der Waals surface area contributed by atoms with Crippen molar-refractivity contribution in [1.82, 2.24) is 5.32 Å². The topological polar surface area (TPSA) is 58.6 Å². The van der Waals surface area contributed by atoms with Crippen molar-refractivity contribution in [2.24, 2.45) is 0 Å². The molecule has 0 aromatic heterocycles. The first-order valence-corrected chi connectivity index (χ1v) is 7.27. The summed E-state index contributed by atoms with van der Waals surface area (Å²) >= 11 is 0. The number of carbonyl (C=O) groups is 1. The van der Waals surface area contributed by atoms with Gasteiger partial charge in [0.25, 0.3) is 5.91 Å². The lowest BCUT2D eigenvalue weighted by atomic mass is 10.1. The molecule has 4 nitrogen and oxygen atoms in total. The van der Waals surface area contributed by atoms with Crippen molar-refractivity contribution in [1.29, 1.82) is 0 Å². The number of carbonyl (C=O) groups excluding carboxylic acids is 1. The van der Waals surface area contributed by atoms with Gasteiger partial charge in [0.2, 0.25) is 0 Å². The van der Waals surface area contributed by atoms with E-state index in [0.717, 1.165) is 18.4 Å². The molecule has 0 radical (unpaired) electrons. The number of hydrogen-bond donors (Lipinski definition) is 2. The highest BCUT2D eigenvalue weighted by molar-refractivity contribution is 5.77. The maximum Gasteiger partial charge on any atom is 0.258 e. The molecule has 1 atom stereocenters. The van der Waals surface area contributed by atoms with Crippen molar-refractivity contribution < 1.29 is 14.6 Å². The normalized spacial score (nSPS) is 16.9. The average Bonchev–Trinajstić information content (AvgIpc) is 2.89. The van der Waals surface area contributed by atoms with Crippen LogP contribution >= 0.6 is 0 Å². The van der Waals surface area contributed by atoms with E-state index in [0.29, 0.717) is 17.4 Å². The molecule has 1 saturated carbocycles. The lowest BCUT2D eigenvalue weighted by Gasteiger charge is -2.16. The van der Waals surface area contributed by atoms with Crippen molar-refractivity contribution in [3.63, 3.8) is 0 Å². The predicted octanol–water partition coefficient (Wildman–Crippen LogP) is 2.49. The van der Waals surface area contributed by atoms with Gasteiger partial charge in [-0.25, -0.2) is 0 Å². The zero-order valence-corrected chi connectivity index (χ0v) is 12.2. The number of benzene rings is 1. The fraction of sp³-hybridized carbons (Fsp3) is 0.562. The van der Waals surface area contributed by atoms with Crippen LogP contribution in [-0.4, -0.2) is 23.7 Å². The van der Waals surface area contributed by atoms with E-state index in [1.54, 1.807) is 6.92 Å². The number of nitrogens with one attached hydrogen (secondary N) is 1. The number of aryl methyl sites for hydroxylation is 1. The number of amides is 1. The third-order valence-corrected chi connectivity index (χ3v) is 3.70. The Balaban J connectivity index is 1.92. The highest BCUT2D eigenvalue weighted by Gasteiger charge is 2.18. The molecule has 0 unspecified atom stereocenters. The molecule has 0 aliphatic heterocycles. The summed E-state index contributed by atoms with van der Waals surface area (Å²) in [6.07, 6.45) is 3.90. The Bertz CT molecular complexity index is 465. The molecule has 1 amide bonds. The number of hydrogen-bond acceptors (Lipinski definition) is 3. The van der Waals surface area contributed by atoms with Gasteiger partial charge in [-0.15, -0.1) is 0 Å². The second kappa shape index (κ2) is 6.75. The number of aliphatic hydroxyl groups excluding tert-OH is 1. The summed E-state index contributed by atoms with van der Waals surface area (Å²) in [4.78, 5) is 11.8. The van der Waals surface area contributed by atoms with E-state index in [1.807, 2.05) is 25.1 Å². The first-order valence-electron chi connectivity index (χ1n) is 7.27. The Hall–Kier alpha value is -1.55. The maximum absolute atomic E-state index is 11.8. The number of aliphatic hydroxyl groups is 1. The fourth-order valence-electron chi connectivity index (χ4n) is 2.59. The summed E-state index contributed by atoms with van der Waals surface area (Å²) in [6, 6.07) is 5.92. The van der Waals surface area contributed by atoms with Crippen LogP contribution in [0.1, 0.15) is 49.8 Å². The van der Waals surface area contributed by atoms with Gasteiger partial charge in [-0.1, -0.05) is 25.0 Å². The van der Waals surface area contributed by atoms with Crippen molar-refractivity contribution in [2.45, 2.75) is 51.7 Å². The van der Waals surface area contributed by atoms with E-state index >= 15 is 0 Å². The second-order valence-corrected chi connectivity index (χ2v) is 5.55. The summed E-state index contributed by atoms with van der Waals surface area (Å²) in [5.41, 5.74) is 1.75. The lowest BCUT2D eigenvalue weighted by molar-refractivity contribution is -0.123. The molecule has 1 aromatic carbocycles. The molecular weight excluding hydrogens is 254 g/mol. The van der Waals surface area contributed by atoms with E-state index in [4.69, 9.17) is 4.74 Å². The Morgan fingerprint density at radius 2 is 2.15 bits per heavy atom. The third-order valence-electron chi connectivity index (χ3n) is 3.70. The fourth-order valence-corrected chi connectivity index (χ4v) is 2.59. The molecule has 0 spiro atoms. The largest absolute Gasteiger partial charge is 0.483 e. The molecule has 1 aliphatic carbocycles. The van der Waals surface area contributed by atoms with Gasteiger partial charge in [0.05, 0.1) is 6.10 Å². The molecule has 110 valence electrons. The first-order chi connectivity index (χ1) is 9.56. The van der Waals surface area contributed by atoms with E-state index in [9.17, 15) is 9.90 Å². The molecule has 0 heterocycles. The van der Waals surface area contributed by atoms with E-state index in [1.165, 1.54) is 12.8 Å². The van der Waals surface area contributed by atoms with Crippen LogP contribution in [0.2, 0.25) is 0 Å². The summed E-state index contributed by atoms with van der Waals surface area (Å²) < 4.78 is 5.58. The van der Waals surface area contributed by atoms with Crippen LogP contribution in [0.4, 0.5) is 0 Å². The summed E-state index contributed by atoms with van der Waals surface area (Å²) in [5.74, 6) is 0.497. The summed E-state index contributed by atoms with van der Waals surface area (Å²) in [6.45, 7) is 3.65. The van der Waals surface area contributed by atoms with Gasteiger partial charge < -0.3 is 15.2 Å². The smallest absolute Gasteiger partial charge is 0.258 e. The van der Waals surface area contributed by atoms with Crippen LogP contribution < -0.4 is 10.1 Å². The first kappa shape index (κ1) is 14.9. The van der Waals surface area contributed by atoms with E-state index in [2.05, 4.69) is 5.32 Å². The molecular formula is C16H23NO3. The third kappa shape index (κ3) is 3.97. The standard InChI is InChI=1S/C16H23NO3/c1-11-7-8-14(12(2)18)15(9-11)20-10-16(19)17-13-5-3-4-6-13/h7-9,12-13,18H,3-6,10H2,1-2H3,(H,17,19)/t12-/m1/s1. The van der Waals surface area contributed by atoms with Gasteiger partial charge in [-0.2, -0.15) is 0 Å². The summed E-state index contributed by atoms with van der Waals surface area (Å²) in [7, 11) is 0. The minimum atomic E-state index is -0.608. The van der Waals surface area contributed by atoms with Gasteiger partial charge in [0.15, 0.2) is 6.61 Å². The molecule has 2 N–H and O–H groups in total. The van der Waals surface area contributed by atoms with Gasteiger partial charge >= 0.3 is 0 Å². The monoisotopic (exact) mass is 277 g/mol. The van der Waals surface area contributed by atoms with Crippen LogP contribution in [0, 0.1) is 6.92 Å². The van der Waals surface area contributed by atoms with Crippen molar-refractivity contribution in [2.75, 3.05) is 6.61 Å². The molecule has 4 heteroatoms. The minimum Gasteiger partial charge on any atom is -0.483 e. The molecule has 1 fully saturated rings. The Morgan fingerprint density at radius 3 is 2.80 bits per heavy atom. The van der Waals surface area contributed by atoms with Gasteiger partial charge in [0.1, 0.15) is 5.75 Å². The second-order valence-electron chi connectivity index (χ2n) is 5.55. The number of rotatable bonds is 5. The van der Waals surface area contributed by atoms with Crippen molar-refractivity contribution in [3.05, 3.63) is 29.3 Å². The van der Waals surface area contributed by atoms with Gasteiger partial charge in [0, 0.05) is 11.6 Å². The zero-order valence-electron chi connectivity index (χ0n) is 12.2. The highest BCUT2D eigenvalue weighted by Crippen LogP contribution is 2.26. The quantitative estimate of drug-likeness (QED) is 0.869. The van der Waals surface area contributed by atoms with Crippen LogP contribution in [-0.2, 0) is 4.79 Å². The number of ether oxygens (including phenoxy) is 1. The highest BCUT2D eigenvalue weighted by atomic mass is 16.5. The van der Waals surface area contributed by atoms with E-state index < -0.39 is 6.10 Å². The van der Waals surface area contributed by atoms with Crippen molar-refractivity contribution >= 4 is 5.91 Å². The van der Waals surface area contributed by atoms with Gasteiger partial charge in [-0.05, 0) is 38.3 Å². The summed E-state index contributed by atoms with van der Waals surface area (Å²) in [5, 5.41) is 12.7.